The van der Waals surface area contributed by atoms with Gasteiger partial charge in [-0.2, -0.15) is 0 Å². The van der Waals surface area contributed by atoms with Crippen molar-refractivity contribution in [3.63, 3.8) is 0 Å². The van der Waals surface area contributed by atoms with Crippen LogP contribution in [0.3, 0.4) is 0 Å². The molecule has 1 aromatic rings. The van der Waals surface area contributed by atoms with Crippen molar-refractivity contribution in [3.8, 4) is 0 Å². The molecule has 2 rings (SSSR count). The lowest BCUT2D eigenvalue weighted by molar-refractivity contribution is -0.385. The van der Waals surface area contributed by atoms with Crippen LogP contribution in [-0.2, 0) is 6.54 Å². The Morgan fingerprint density at radius 3 is 2.32 bits per heavy atom. The van der Waals surface area contributed by atoms with E-state index in [1.165, 1.54) is 6.07 Å². The van der Waals surface area contributed by atoms with E-state index in [9.17, 15) is 10.1 Å². The Morgan fingerprint density at radius 1 is 1.26 bits per heavy atom. The average molecular weight is 327 g/mol. The zero-order chi connectivity index (χ0) is 14.4. The van der Waals surface area contributed by atoms with Gasteiger partial charge in [-0.3, -0.25) is 10.1 Å². The van der Waals surface area contributed by atoms with Crippen molar-refractivity contribution in [2.75, 3.05) is 0 Å². The first-order chi connectivity index (χ1) is 8.66. The molecule has 0 atom stereocenters. The van der Waals surface area contributed by atoms with Gasteiger partial charge in [0.2, 0.25) is 0 Å². The zero-order valence-corrected chi connectivity index (χ0v) is 13.2. The van der Waals surface area contributed by atoms with E-state index < -0.39 is 0 Å². The van der Waals surface area contributed by atoms with Crippen molar-refractivity contribution in [2.24, 2.45) is 10.8 Å². The van der Waals surface area contributed by atoms with Crippen molar-refractivity contribution in [3.05, 3.63) is 38.3 Å². The Hall–Kier alpha value is -0.940. The molecule has 0 radical (unpaired) electrons. The Morgan fingerprint density at radius 2 is 1.84 bits per heavy atom. The normalized spacial score (nSPS) is 20.3. The van der Waals surface area contributed by atoms with Gasteiger partial charge < -0.3 is 5.32 Å². The molecule has 4 nitrogen and oxygen atoms in total. The van der Waals surface area contributed by atoms with Gasteiger partial charge in [0.05, 0.1) is 4.92 Å². The minimum Gasteiger partial charge on any atom is -0.309 e. The van der Waals surface area contributed by atoms with E-state index in [0.717, 1.165) is 10.0 Å². The van der Waals surface area contributed by atoms with Crippen molar-refractivity contribution in [1.29, 1.82) is 0 Å². The second-order valence-electron chi connectivity index (χ2n) is 6.33. The fourth-order valence-electron chi connectivity index (χ4n) is 2.77. The molecule has 19 heavy (non-hydrogen) atoms. The van der Waals surface area contributed by atoms with Crippen LogP contribution in [0.25, 0.3) is 0 Å². The number of hydrogen-bond acceptors (Lipinski definition) is 3. The van der Waals surface area contributed by atoms with E-state index in [4.69, 9.17) is 0 Å². The molecule has 1 aliphatic rings. The minimum absolute atomic E-state index is 0.125. The van der Waals surface area contributed by atoms with Crippen LogP contribution in [-0.4, -0.2) is 11.0 Å². The maximum absolute atomic E-state index is 10.8. The number of nitrogens with one attached hydrogen (secondary N) is 1. The molecule has 0 aromatic heterocycles. The first-order valence-electron chi connectivity index (χ1n) is 6.33. The standard InChI is InChI=1S/C14H19BrN2O2/c1-13(2)12(14(13,3)4)16-8-9-5-10(15)7-11(6-9)17(18)19/h5-7,12,16H,8H2,1-4H3. The summed E-state index contributed by atoms with van der Waals surface area (Å²) >= 11 is 3.32. The summed E-state index contributed by atoms with van der Waals surface area (Å²) in [7, 11) is 0. The Balaban J connectivity index is 2.07. The third kappa shape index (κ3) is 2.54. The van der Waals surface area contributed by atoms with Crippen LogP contribution in [0.1, 0.15) is 33.3 Å². The van der Waals surface area contributed by atoms with Gasteiger partial charge in [0, 0.05) is 29.2 Å². The smallest absolute Gasteiger partial charge is 0.270 e. The molecule has 0 spiro atoms. The Labute approximate surface area is 121 Å². The molecule has 1 saturated carbocycles. The van der Waals surface area contributed by atoms with Crippen molar-refractivity contribution in [1.82, 2.24) is 5.32 Å². The van der Waals surface area contributed by atoms with E-state index in [0.29, 0.717) is 12.6 Å². The van der Waals surface area contributed by atoms with Gasteiger partial charge >= 0.3 is 0 Å². The molecule has 104 valence electrons. The second-order valence-corrected chi connectivity index (χ2v) is 7.25. The predicted octanol–water partition coefficient (Wildman–Crippen LogP) is 3.88. The highest BCUT2D eigenvalue weighted by Crippen LogP contribution is 2.62. The summed E-state index contributed by atoms with van der Waals surface area (Å²) in [6.07, 6.45) is 0. The van der Waals surface area contributed by atoms with E-state index in [2.05, 4.69) is 48.9 Å². The van der Waals surface area contributed by atoms with Gasteiger partial charge in [-0.05, 0) is 22.5 Å². The van der Waals surface area contributed by atoms with Gasteiger partial charge in [0.1, 0.15) is 0 Å². The summed E-state index contributed by atoms with van der Waals surface area (Å²) in [5, 5.41) is 14.3. The number of rotatable bonds is 4. The molecule has 0 amide bonds. The number of benzene rings is 1. The lowest BCUT2D eigenvalue weighted by atomic mass is 10.0. The molecule has 0 heterocycles. The molecular weight excluding hydrogens is 308 g/mol. The van der Waals surface area contributed by atoms with Crippen LogP contribution in [0.2, 0.25) is 0 Å². The molecule has 0 bridgehead atoms. The first-order valence-corrected chi connectivity index (χ1v) is 7.13. The zero-order valence-electron chi connectivity index (χ0n) is 11.7. The van der Waals surface area contributed by atoms with E-state index >= 15 is 0 Å². The van der Waals surface area contributed by atoms with Gasteiger partial charge in [-0.25, -0.2) is 0 Å². The lowest BCUT2D eigenvalue weighted by Crippen LogP contribution is -2.21. The van der Waals surface area contributed by atoms with Crippen LogP contribution in [0.15, 0.2) is 22.7 Å². The summed E-state index contributed by atoms with van der Waals surface area (Å²) < 4.78 is 0.743. The van der Waals surface area contributed by atoms with Gasteiger partial charge in [0.15, 0.2) is 0 Å². The fourth-order valence-corrected chi connectivity index (χ4v) is 3.30. The Bertz CT molecular complexity index is 512. The molecule has 1 aromatic carbocycles. The van der Waals surface area contributed by atoms with Crippen molar-refractivity contribution < 1.29 is 4.92 Å². The van der Waals surface area contributed by atoms with Gasteiger partial charge in [-0.1, -0.05) is 43.6 Å². The number of hydrogen-bond donors (Lipinski definition) is 1. The third-order valence-corrected chi connectivity index (χ3v) is 5.14. The SMILES string of the molecule is CC1(C)C(NCc2cc(Br)cc([N+](=O)[O-])c2)C1(C)C. The van der Waals surface area contributed by atoms with Gasteiger partial charge in [-0.15, -0.1) is 0 Å². The predicted molar refractivity (Wildman–Crippen MR) is 79.0 cm³/mol. The van der Waals surface area contributed by atoms with Crippen molar-refractivity contribution >= 4 is 21.6 Å². The number of nitro groups is 1. The number of nitrogens with zero attached hydrogens (tertiary/aromatic N) is 1. The lowest BCUT2D eigenvalue weighted by Gasteiger charge is -2.07. The van der Waals surface area contributed by atoms with Crippen LogP contribution < -0.4 is 5.32 Å². The molecule has 1 aliphatic carbocycles. The molecule has 1 fully saturated rings. The molecule has 0 saturated heterocycles. The fraction of sp³-hybridized carbons (Fsp3) is 0.571. The van der Waals surface area contributed by atoms with Gasteiger partial charge in [0.25, 0.3) is 5.69 Å². The molecule has 0 aliphatic heterocycles. The summed E-state index contributed by atoms with van der Waals surface area (Å²) in [6, 6.07) is 5.51. The summed E-state index contributed by atoms with van der Waals surface area (Å²) in [6.45, 7) is 9.63. The summed E-state index contributed by atoms with van der Waals surface area (Å²) in [4.78, 5) is 10.5. The second kappa shape index (κ2) is 4.56. The summed E-state index contributed by atoms with van der Waals surface area (Å²) in [5.41, 5.74) is 1.59. The Kier molecular flexibility index (Phi) is 3.47. The molecule has 0 unspecified atom stereocenters. The highest BCUT2D eigenvalue weighted by molar-refractivity contribution is 9.10. The third-order valence-electron chi connectivity index (χ3n) is 4.68. The number of non-ortho nitro benzene ring substituents is 1. The first kappa shape index (κ1) is 14.5. The quantitative estimate of drug-likeness (QED) is 0.674. The topological polar surface area (TPSA) is 55.2 Å². The van der Waals surface area contributed by atoms with Crippen molar-refractivity contribution in [2.45, 2.75) is 40.3 Å². The number of halogens is 1. The van der Waals surface area contributed by atoms with Crippen LogP contribution in [0.4, 0.5) is 5.69 Å². The monoisotopic (exact) mass is 326 g/mol. The van der Waals surface area contributed by atoms with E-state index in [1.54, 1.807) is 6.07 Å². The highest BCUT2D eigenvalue weighted by Gasteiger charge is 2.64. The van der Waals surface area contributed by atoms with Crippen LogP contribution in [0.5, 0.6) is 0 Å². The summed E-state index contributed by atoms with van der Waals surface area (Å²) in [5.74, 6) is 0. The molecule has 1 N–H and O–H groups in total. The van der Waals surface area contributed by atoms with Crippen LogP contribution in [0, 0.1) is 20.9 Å². The molecular formula is C14H19BrN2O2. The molecule has 5 heteroatoms. The van der Waals surface area contributed by atoms with E-state index in [1.807, 2.05) is 6.07 Å². The van der Waals surface area contributed by atoms with E-state index in [-0.39, 0.29) is 21.4 Å². The average Bonchev–Trinajstić information content (AvgIpc) is 2.66. The number of nitro benzene ring substituents is 1. The minimum atomic E-state index is -0.362. The van der Waals surface area contributed by atoms with Crippen LogP contribution >= 0.6 is 15.9 Å². The highest BCUT2D eigenvalue weighted by atomic mass is 79.9. The largest absolute Gasteiger partial charge is 0.309 e. The maximum Gasteiger partial charge on any atom is 0.270 e. The maximum atomic E-state index is 10.8.